The molecule has 0 saturated carbocycles. The van der Waals surface area contributed by atoms with Crippen molar-refractivity contribution in [1.29, 1.82) is 0 Å². The number of methoxy groups -OCH3 is 1. The van der Waals surface area contributed by atoms with Crippen molar-refractivity contribution in [2.45, 2.75) is 39.4 Å². The van der Waals surface area contributed by atoms with Crippen LogP contribution in [-0.2, 0) is 6.42 Å². The maximum absolute atomic E-state index is 10.0. The van der Waals surface area contributed by atoms with Gasteiger partial charge in [0.05, 0.1) is 0 Å². The number of phenols is 1. The number of hydrogen-bond acceptors (Lipinski definition) is 4. The van der Waals surface area contributed by atoms with Gasteiger partial charge in [-0.05, 0) is 43.3 Å². The topological polar surface area (TPSA) is 35.9 Å². The standard InChI is InChI=1S/C61H56GeN2O2/c1-44-6-20-51(21-7-44)62(52-22-8-45(2)9-23-52,43-42-48-14-40-61(66-5)41-15-48)53-24-34-58(35-25-53)63(54-26-10-46(3)11-27-54)56-30-16-49(17-31-56)50-18-32-57(33-19-50)64(55-28-12-47(4)13-29-55)59-36-38-60(65)39-37-59/h6-41,65H,42-43H2,1-5H3. The fourth-order valence-electron chi connectivity index (χ4n) is 9.12. The van der Waals surface area contributed by atoms with Crippen LogP contribution in [0.25, 0.3) is 11.1 Å². The van der Waals surface area contributed by atoms with Gasteiger partial charge in [0.25, 0.3) is 0 Å². The Hall–Kier alpha value is -7.28. The zero-order valence-corrected chi connectivity index (χ0v) is 40.5. The fraction of sp³-hybridized carbons (Fsp3) is 0.115. The molecule has 9 aromatic rings. The molecule has 9 rings (SSSR count). The first-order valence-electron chi connectivity index (χ1n) is 22.8. The molecule has 0 atom stereocenters. The van der Waals surface area contributed by atoms with E-state index in [9.17, 15) is 5.11 Å². The van der Waals surface area contributed by atoms with Crippen molar-refractivity contribution in [2.75, 3.05) is 16.9 Å². The number of rotatable bonds is 14. The minimum atomic E-state index is -3.31. The van der Waals surface area contributed by atoms with Crippen LogP contribution >= 0.6 is 0 Å². The molecule has 0 fully saturated rings. The Morgan fingerprint density at radius 1 is 0.364 bits per heavy atom. The Balaban J connectivity index is 1.07. The van der Waals surface area contributed by atoms with E-state index < -0.39 is 13.3 Å². The molecule has 66 heavy (non-hydrogen) atoms. The van der Waals surface area contributed by atoms with Gasteiger partial charge in [-0.2, -0.15) is 0 Å². The number of benzene rings is 9. The Labute approximate surface area is 393 Å². The molecule has 0 radical (unpaired) electrons. The molecule has 1 N–H and O–H groups in total. The van der Waals surface area contributed by atoms with E-state index in [1.54, 1.807) is 19.2 Å². The number of hydrogen-bond donors (Lipinski definition) is 1. The Morgan fingerprint density at radius 3 is 1.00 bits per heavy atom. The van der Waals surface area contributed by atoms with Crippen molar-refractivity contribution < 1.29 is 9.84 Å². The van der Waals surface area contributed by atoms with Gasteiger partial charge < -0.3 is 10.0 Å². The average Bonchev–Trinajstić information content (AvgIpc) is 3.35. The van der Waals surface area contributed by atoms with E-state index in [0.717, 1.165) is 62.7 Å². The molecule has 0 unspecified atom stereocenters. The molecule has 0 spiro atoms. The molecule has 4 nitrogen and oxygen atoms in total. The first kappa shape index (κ1) is 43.9. The fourth-order valence-corrected chi connectivity index (χ4v) is 19.1. The van der Waals surface area contributed by atoms with Crippen molar-refractivity contribution in [3.63, 3.8) is 0 Å². The van der Waals surface area contributed by atoms with Gasteiger partial charge in [-0.25, -0.2) is 0 Å². The summed E-state index contributed by atoms with van der Waals surface area (Å²) in [5.41, 5.74) is 15.0. The van der Waals surface area contributed by atoms with Crippen LogP contribution in [0.1, 0.15) is 27.8 Å². The van der Waals surface area contributed by atoms with Crippen LogP contribution in [0, 0.1) is 27.7 Å². The summed E-state index contributed by atoms with van der Waals surface area (Å²) >= 11 is -3.31. The molecule has 0 heterocycles. The number of ether oxygens (including phenoxy) is 1. The summed E-state index contributed by atoms with van der Waals surface area (Å²) in [7, 11) is 1.73. The van der Waals surface area contributed by atoms with Crippen LogP contribution in [0.2, 0.25) is 5.25 Å². The van der Waals surface area contributed by atoms with E-state index in [1.165, 1.54) is 41.0 Å². The number of aromatic hydroxyl groups is 1. The molecule has 0 aliphatic heterocycles. The number of anilines is 6. The van der Waals surface area contributed by atoms with Crippen LogP contribution in [0.15, 0.2) is 218 Å². The Kier molecular flexibility index (Phi) is 13.0. The summed E-state index contributed by atoms with van der Waals surface area (Å²) in [5.74, 6) is 1.13. The van der Waals surface area contributed by atoms with Crippen LogP contribution in [0.5, 0.6) is 11.5 Å². The van der Waals surface area contributed by atoms with Crippen LogP contribution in [0.3, 0.4) is 0 Å². The molecule has 0 bridgehead atoms. The molecule has 0 aromatic heterocycles. The summed E-state index contributed by atoms with van der Waals surface area (Å²) in [4.78, 5) is 4.59. The molecule has 5 heteroatoms. The predicted octanol–water partition coefficient (Wildman–Crippen LogP) is 14.0. The predicted molar refractivity (Wildman–Crippen MR) is 281 cm³/mol. The third-order valence-electron chi connectivity index (χ3n) is 12.9. The van der Waals surface area contributed by atoms with Crippen molar-refractivity contribution in [3.05, 3.63) is 246 Å². The van der Waals surface area contributed by atoms with Gasteiger partial charge in [0, 0.05) is 17.1 Å². The van der Waals surface area contributed by atoms with Gasteiger partial charge in [0.2, 0.25) is 0 Å². The summed E-state index contributed by atoms with van der Waals surface area (Å²) in [5, 5.41) is 11.1. The van der Waals surface area contributed by atoms with Crippen LogP contribution < -0.4 is 27.7 Å². The number of nitrogens with zero attached hydrogens (tertiary/aromatic N) is 2. The zero-order valence-electron chi connectivity index (χ0n) is 38.4. The second kappa shape index (κ2) is 19.4. The second-order valence-electron chi connectivity index (χ2n) is 17.5. The van der Waals surface area contributed by atoms with Gasteiger partial charge in [0.15, 0.2) is 0 Å². The van der Waals surface area contributed by atoms with Gasteiger partial charge >= 0.3 is 302 Å². The summed E-state index contributed by atoms with van der Waals surface area (Å²) in [6.45, 7) is 8.60. The second-order valence-corrected chi connectivity index (χ2v) is 26.0. The zero-order chi connectivity index (χ0) is 45.6. The quantitative estimate of drug-likeness (QED) is 0.110. The van der Waals surface area contributed by atoms with Crippen molar-refractivity contribution in [1.82, 2.24) is 0 Å². The third kappa shape index (κ3) is 9.42. The van der Waals surface area contributed by atoms with E-state index in [4.69, 9.17) is 4.74 Å². The molecule has 0 aliphatic carbocycles. The molecule has 0 saturated heterocycles. The van der Waals surface area contributed by atoms with E-state index in [1.807, 2.05) is 12.1 Å². The molecular weight excluding hydrogens is 865 g/mol. The molecule has 326 valence electrons. The van der Waals surface area contributed by atoms with E-state index in [0.29, 0.717) is 0 Å². The molecule has 9 aromatic carbocycles. The first-order valence-corrected chi connectivity index (χ1v) is 27.4. The molecular formula is C61H56GeN2O2. The third-order valence-corrected chi connectivity index (χ3v) is 23.3. The van der Waals surface area contributed by atoms with Gasteiger partial charge in [-0.3, -0.25) is 0 Å². The number of phenolic OH excluding ortho intramolecular Hbond substituents is 1. The van der Waals surface area contributed by atoms with Gasteiger partial charge in [-0.1, -0.05) is 17.7 Å². The van der Waals surface area contributed by atoms with Gasteiger partial charge in [-0.15, -0.1) is 0 Å². The number of aryl methyl sites for hydroxylation is 5. The first-order chi connectivity index (χ1) is 32.2. The van der Waals surface area contributed by atoms with Crippen LogP contribution in [-0.4, -0.2) is 25.5 Å². The average molecular weight is 922 g/mol. The van der Waals surface area contributed by atoms with Gasteiger partial charge in [0.1, 0.15) is 5.75 Å². The Bertz CT molecular complexity index is 2890. The summed E-state index contributed by atoms with van der Waals surface area (Å²) in [6.07, 6.45) is 0.974. The van der Waals surface area contributed by atoms with Crippen molar-refractivity contribution in [3.8, 4) is 22.6 Å². The Morgan fingerprint density at radius 2 is 0.652 bits per heavy atom. The van der Waals surface area contributed by atoms with Crippen molar-refractivity contribution in [2.24, 2.45) is 0 Å². The normalized spacial score (nSPS) is 11.3. The monoisotopic (exact) mass is 922 g/mol. The molecule has 0 amide bonds. The molecule has 0 aliphatic rings. The summed E-state index contributed by atoms with van der Waals surface area (Å²) in [6, 6.07) is 79.3. The minimum absolute atomic E-state index is 0.247. The van der Waals surface area contributed by atoms with Crippen LogP contribution in [0.4, 0.5) is 34.1 Å². The summed E-state index contributed by atoms with van der Waals surface area (Å²) < 4.78 is 9.88. The SMILES string of the molecule is COc1ccc(C[CH2][Ge]([c]2ccc(C)cc2)([c]2ccc(C)cc2)[c]2ccc(N(c3ccc(C)cc3)c3ccc(-c4ccc(N(c5ccc(C)cc5)c5ccc(O)cc5)cc4)cc3)cc2)cc1. The maximum atomic E-state index is 10.0. The van der Waals surface area contributed by atoms with Crippen molar-refractivity contribution >= 4 is 60.6 Å². The van der Waals surface area contributed by atoms with E-state index >= 15 is 0 Å². The van der Waals surface area contributed by atoms with E-state index in [-0.39, 0.29) is 5.75 Å². The van der Waals surface area contributed by atoms with E-state index in [2.05, 4.69) is 232 Å².